The molecule has 1 aliphatic rings. The van der Waals surface area contributed by atoms with E-state index in [9.17, 15) is 19.2 Å². The molecule has 0 heterocycles. The van der Waals surface area contributed by atoms with Crippen molar-refractivity contribution in [1.82, 2.24) is 4.90 Å². The number of carbonyl (C=O) groups excluding carboxylic acids is 4. The smallest absolute Gasteiger partial charge is 0.419 e. The lowest BCUT2D eigenvalue weighted by Gasteiger charge is -2.29. The Labute approximate surface area is 303 Å². The van der Waals surface area contributed by atoms with E-state index in [1.165, 1.54) is 0 Å². The summed E-state index contributed by atoms with van der Waals surface area (Å²) in [5, 5.41) is 0. The van der Waals surface area contributed by atoms with Crippen LogP contribution in [0.15, 0.2) is 109 Å². The zero-order chi connectivity index (χ0) is 37.3. The highest BCUT2D eigenvalue weighted by atomic mass is 16.6. The van der Waals surface area contributed by atoms with Crippen LogP contribution >= 0.6 is 0 Å². The Morgan fingerprint density at radius 3 is 1.65 bits per heavy atom. The van der Waals surface area contributed by atoms with E-state index in [2.05, 4.69) is 0 Å². The second-order valence-electron chi connectivity index (χ2n) is 13.7. The minimum absolute atomic E-state index is 0.0815. The molecule has 4 aromatic carbocycles. The number of esters is 2. The fraction of sp³-hybridized carbons (Fsp3) is 0.317. The van der Waals surface area contributed by atoms with E-state index < -0.39 is 61.1 Å². The molecule has 0 saturated heterocycles. The van der Waals surface area contributed by atoms with Gasteiger partial charge in [0.1, 0.15) is 30.9 Å². The van der Waals surface area contributed by atoms with Crippen molar-refractivity contribution >= 4 is 24.1 Å². The summed E-state index contributed by atoms with van der Waals surface area (Å²) < 4.78 is 22.6. The SMILES string of the molecule is CC(C)(C)OC(=O)N(CC(COC(=O)[C@@H](N)Cc1ccccc1)OC(=O)[C@@H](N)Cc1ccccc1)C(=O)OCC1c2ccccc2-c2ccccc21. The predicted molar refractivity (Wildman–Crippen MR) is 195 cm³/mol. The Kier molecular flexibility index (Phi) is 12.4. The van der Waals surface area contributed by atoms with Crippen LogP contribution < -0.4 is 11.5 Å². The maximum atomic E-state index is 13.8. The summed E-state index contributed by atoms with van der Waals surface area (Å²) in [6.45, 7) is 3.78. The van der Waals surface area contributed by atoms with Gasteiger partial charge in [0.25, 0.3) is 0 Å². The molecule has 0 aliphatic heterocycles. The number of rotatable bonds is 13. The number of ether oxygens (including phenoxy) is 4. The van der Waals surface area contributed by atoms with Gasteiger partial charge in [-0.15, -0.1) is 0 Å². The molecular weight excluding hydrogens is 662 g/mol. The third kappa shape index (κ3) is 10.0. The maximum absolute atomic E-state index is 13.8. The summed E-state index contributed by atoms with van der Waals surface area (Å²) in [5.74, 6) is -1.87. The van der Waals surface area contributed by atoms with Crippen molar-refractivity contribution in [2.75, 3.05) is 19.8 Å². The summed E-state index contributed by atoms with van der Waals surface area (Å²) in [7, 11) is 0. The van der Waals surface area contributed by atoms with Gasteiger partial charge in [0.2, 0.25) is 0 Å². The van der Waals surface area contributed by atoms with E-state index >= 15 is 0 Å². The van der Waals surface area contributed by atoms with Crippen molar-refractivity contribution in [2.24, 2.45) is 11.5 Å². The van der Waals surface area contributed by atoms with Crippen molar-refractivity contribution in [1.29, 1.82) is 0 Å². The van der Waals surface area contributed by atoms with Gasteiger partial charge < -0.3 is 30.4 Å². The molecule has 0 aromatic heterocycles. The molecule has 272 valence electrons. The van der Waals surface area contributed by atoms with E-state index in [1.54, 1.807) is 20.8 Å². The quantitative estimate of drug-likeness (QED) is 0.129. The number of amides is 2. The van der Waals surface area contributed by atoms with Crippen LogP contribution in [0.25, 0.3) is 11.1 Å². The average molecular weight is 708 g/mol. The first-order valence-corrected chi connectivity index (χ1v) is 17.2. The molecule has 52 heavy (non-hydrogen) atoms. The van der Waals surface area contributed by atoms with Crippen molar-refractivity contribution in [3.8, 4) is 11.1 Å². The molecule has 2 amide bonds. The van der Waals surface area contributed by atoms with E-state index in [4.69, 9.17) is 30.4 Å². The molecule has 1 aliphatic carbocycles. The average Bonchev–Trinajstić information content (AvgIpc) is 3.44. The van der Waals surface area contributed by atoms with Crippen LogP contribution in [0.1, 0.15) is 48.9 Å². The highest BCUT2D eigenvalue weighted by Gasteiger charge is 2.36. The van der Waals surface area contributed by atoms with Crippen LogP contribution in [0.5, 0.6) is 0 Å². The van der Waals surface area contributed by atoms with Crippen LogP contribution in [0.4, 0.5) is 9.59 Å². The van der Waals surface area contributed by atoms with Gasteiger partial charge in [-0.1, -0.05) is 109 Å². The first kappa shape index (κ1) is 37.7. The molecular formula is C41H45N3O8. The first-order chi connectivity index (χ1) is 24.9. The standard InChI is InChI=1S/C41H45N3O8/c1-41(2,3)52-40(48)44(39(47)50-26-34-32-20-12-10-18-30(32)31-19-11-13-21-33(31)34)24-29(51-38(46)36(43)23-28-16-8-5-9-17-28)25-49-37(45)35(42)22-27-14-6-4-7-15-27/h4-21,29,34-36H,22-26,42-43H2,1-3H3/t29?,35-,36-/m0/s1. The van der Waals surface area contributed by atoms with Gasteiger partial charge in [-0.25, -0.2) is 14.5 Å². The number of benzene rings is 4. The predicted octanol–water partition coefficient (Wildman–Crippen LogP) is 5.77. The molecule has 1 unspecified atom stereocenters. The normalized spacial score (nSPS) is 13.9. The number of nitrogens with zero attached hydrogens (tertiary/aromatic N) is 1. The number of carbonyl (C=O) groups is 4. The number of nitrogens with two attached hydrogens (primary N) is 2. The number of imide groups is 1. The Bertz CT molecular complexity index is 1800. The Balaban J connectivity index is 1.34. The van der Waals surface area contributed by atoms with E-state index in [-0.39, 0.29) is 25.4 Å². The zero-order valence-corrected chi connectivity index (χ0v) is 29.6. The van der Waals surface area contributed by atoms with Crippen molar-refractivity contribution in [3.05, 3.63) is 131 Å². The summed E-state index contributed by atoms with van der Waals surface area (Å²) >= 11 is 0. The minimum atomic E-state index is -1.34. The second kappa shape index (κ2) is 17.1. The maximum Gasteiger partial charge on any atom is 0.419 e. The van der Waals surface area contributed by atoms with Gasteiger partial charge in [0, 0.05) is 5.92 Å². The molecule has 0 radical (unpaired) electrons. The van der Waals surface area contributed by atoms with Crippen LogP contribution in [-0.4, -0.2) is 72.6 Å². The van der Waals surface area contributed by atoms with Gasteiger partial charge >= 0.3 is 24.1 Å². The molecule has 11 nitrogen and oxygen atoms in total. The number of hydrogen-bond acceptors (Lipinski definition) is 10. The summed E-state index contributed by atoms with van der Waals surface area (Å²) in [6.07, 6.45) is -3.04. The fourth-order valence-electron chi connectivity index (χ4n) is 5.98. The first-order valence-electron chi connectivity index (χ1n) is 17.2. The number of fused-ring (bicyclic) bond motifs is 3. The fourth-order valence-corrected chi connectivity index (χ4v) is 5.98. The highest BCUT2D eigenvalue weighted by molar-refractivity contribution is 5.88. The lowest BCUT2D eigenvalue weighted by atomic mass is 9.98. The summed E-state index contributed by atoms with van der Waals surface area (Å²) in [4.78, 5) is 54.4. The third-order valence-electron chi connectivity index (χ3n) is 8.45. The largest absolute Gasteiger partial charge is 0.461 e. The molecule has 4 N–H and O–H groups in total. The van der Waals surface area contributed by atoms with Crippen LogP contribution in [0.2, 0.25) is 0 Å². The molecule has 5 rings (SSSR count). The van der Waals surface area contributed by atoms with Gasteiger partial charge in [0.05, 0.1) is 6.54 Å². The molecule has 11 heteroatoms. The number of hydrogen-bond donors (Lipinski definition) is 2. The van der Waals surface area contributed by atoms with E-state index in [0.717, 1.165) is 33.4 Å². The molecule has 4 aromatic rings. The van der Waals surface area contributed by atoms with Crippen molar-refractivity contribution in [3.63, 3.8) is 0 Å². The lowest BCUT2D eigenvalue weighted by molar-refractivity contribution is -0.161. The molecule has 0 bridgehead atoms. The van der Waals surface area contributed by atoms with Gasteiger partial charge in [-0.3, -0.25) is 9.59 Å². The highest BCUT2D eigenvalue weighted by Crippen LogP contribution is 2.44. The van der Waals surface area contributed by atoms with Gasteiger partial charge in [-0.2, -0.15) is 0 Å². The molecule has 0 fully saturated rings. The van der Waals surface area contributed by atoms with Gasteiger partial charge in [-0.05, 0) is 67.0 Å². The second-order valence-corrected chi connectivity index (χ2v) is 13.7. The van der Waals surface area contributed by atoms with Crippen molar-refractivity contribution < 1.29 is 38.1 Å². The Hall–Kier alpha value is -5.52. The summed E-state index contributed by atoms with van der Waals surface area (Å²) in [6, 6.07) is 31.9. The Morgan fingerprint density at radius 2 is 1.13 bits per heavy atom. The Morgan fingerprint density at radius 1 is 0.654 bits per heavy atom. The molecule has 0 saturated carbocycles. The molecule has 3 atom stereocenters. The zero-order valence-electron chi connectivity index (χ0n) is 29.6. The summed E-state index contributed by atoms with van der Waals surface area (Å²) in [5.41, 5.74) is 17.0. The van der Waals surface area contributed by atoms with E-state index in [1.807, 2.05) is 109 Å². The third-order valence-corrected chi connectivity index (χ3v) is 8.45. The van der Waals surface area contributed by atoms with E-state index in [0.29, 0.717) is 4.90 Å². The van der Waals surface area contributed by atoms with Crippen LogP contribution in [0.3, 0.4) is 0 Å². The van der Waals surface area contributed by atoms with Gasteiger partial charge in [0.15, 0.2) is 6.10 Å². The lowest BCUT2D eigenvalue weighted by Crippen LogP contribution is -2.49. The molecule has 0 spiro atoms. The van der Waals surface area contributed by atoms with Crippen LogP contribution in [-0.2, 0) is 41.4 Å². The van der Waals surface area contributed by atoms with Crippen LogP contribution in [0, 0.1) is 0 Å². The monoisotopic (exact) mass is 707 g/mol. The van der Waals surface area contributed by atoms with Crippen molar-refractivity contribution in [2.45, 2.75) is 63.3 Å². The minimum Gasteiger partial charge on any atom is -0.461 e. The topological polar surface area (TPSA) is 160 Å².